The largest absolute Gasteiger partial charge is 0.491 e. The molecule has 0 amide bonds. The van der Waals surface area contributed by atoms with Crippen molar-refractivity contribution in [2.24, 2.45) is 0 Å². The van der Waals surface area contributed by atoms with E-state index in [1.165, 1.54) is 30.3 Å². The average molecular weight is 400 g/mol. The molecule has 3 aromatic rings. The van der Waals surface area contributed by atoms with Crippen LogP contribution >= 0.6 is 0 Å². The Morgan fingerprint density at radius 2 is 1.41 bits per heavy atom. The first kappa shape index (κ1) is 20.8. The lowest BCUT2D eigenvalue weighted by Crippen LogP contribution is -2.01. The minimum Gasteiger partial charge on any atom is -0.491 e. The van der Waals surface area contributed by atoms with Gasteiger partial charge in [0.15, 0.2) is 23.1 Å². The first-order valence-electron chi connectivity index (χ1n) is 9.69. The summed E-state index contributed by atoms with van der Waals surface area (Å²) in [5.41, 5.74) is 1.43. The SMILES string of the molecule is CCCOc1ccc(-c2c(-c3cccc(F)c3)ccc(OCCC)c2F)cc1F. The molecule has 0 unspecified atom stereocenters. The number of ether oxygens (including phenoxy) is 2. The first-order valence-corrected chi connectivity index (χ1v) is 9.69. The van der Waals surface area contributed by atoms with Crippen LogP contribution in [0.3, 0.4) is 0 Å². The van der Waals surface area contributed by atoms with Crippen LogP contribution in [0.4, 0.5) is 13.2 Å². The predicted octanol–water partition coefficient (Wildman–Crippen LogP) is 7.02. The first-order chi connectivity index (χ1) is 14.0. The number of benzene rings is 3. The van der Waals surface area contributed by atoms with Gasteiger partial charge in [0.05, 0.1) is 13.2 Å². The molecular formula is C24H23F3O2. The van der Waals surface area contributed by atoms with Gasteiger partial charge in [0.1, 0.15) is 5.82 Å². The molecule has 0 bridgehead atoms. The van der Waals surface area contributed by atoms with Gasteiger partial charge in [-0.15, -0.1) is 0 Å². The van der Waals surface area contributed by atoms with E-state index in [9.17, 15) is 8.78 Å². The minimum absolute atomic E-state index is 0.0775. The maximum atomic E-state index is 15.4. The van der Waals surface area contributed by atoms with Crippen LogP contribution in [0.5, 0.6) is 11.5 Å². The Bertz CT molecular complexity index is 986. The molecule has 0 spiro atoms. The molecule has 3 rings (SSSR count). The van der Waals surface area contributed by atoms with Crippen LogP contribution < -0.4 is 9.47 Å². The fourth-order valence-electron chi connectivity index (χ4n) is 3.04. The van der Waals surface area contributed by atoms with Crippen molar-refractivity contribution in [1.82, 2.24) is 0 Å². The van der Waals surface area contributed by atoms with Gasteiger partial charge in [0.2, 0.25) is 0 Å². The van der Waals surface area contributed by atoms with E-state index in [0.717, 1.165) is 12.8 Å². The Balaban J connectivity index is 2.15. The third-order valence-corrected chi connectivity index (χ3v) is 4.39. The third-order valence-electron chi connectivity index (χ3n) is 4.39. The Morgan fingerprint density at radius 3 is 2.07 bits per heavy atom. The van der Waals surface area contributed by atoms with Gasteiger partial charge < -0.3 is 9.47 Å². The van der Waals surface area contributed by atoms with Crippen molar-refractivity contribution >= 4 is 0 Å². The van der Waals surface area contributed by atoms with E-state index in [0.29, 0.717) is 29.9 Å². The fourth-order valence-corrected chi connectivity index (χ4v) is 3.04. The number of hydrogen-bond acceptors (Lipinski definition) is 2. The van der Waals surface area contributed by atoms with Crippen molar-refractivity contribution < 1.29 is 22.6 Å². The van der Waals surface area contributed by atoms with Gasteiger partial charge in [-0.1, -0.05) is 32.0 Å². The van der Waals surface area contributed by atoms with Crippen LogP contribution in [0.15, 0.2) is 54.6 Å². The van der Waals surface area contributed by atoms with Gasteiger partial charge in [0.25, 0.3) is 0 Å². The zero-order valence-electron chi connectivity index (χ0n) is 16.5. The Labute approximate surface area is 168 Å². The zero-order valence-corrected chi connectivity index (χ0v) is 16.5. The molecule has 0 fully saturated rings. The summed E-state index contributed by atoms with van der Waals surface area (Å²) in [4.78, 5) is 0. The smallest absolute Gasteiger partial charge is 0.173 e. The van der Waals surface area contributed by atoms with E-state index in [2.05, 4.69) is 0 Å². The van der Waals surface area contributed by atoms with Crippen LogP contribution in [0.1, 0.15) is 26.7 Å². The second-order valence-corrected chi connectivity index (χ2v) is 6.65. The molecule has 0 aliphatic carbocycles. The molecule has 0 N–H and O–H groups in total. The minimum atomic E-state index is -0.609. The molecule has 2 nitrogen and oxygen atoms in total. The molecule has 0 aliphatic heterocycles. The molecule has 0 aliphatic rings. The summed E-state index contributed by atoms with van der Waals surface area (Å²) >= 11 is 0. The predicted molar refractivity (Wildman–Crippen MR) is 109 cm³/mol. The second kappa shape index (κ2) is 9.50. The monoisotopic (exact) mass is 400 g/mol. The molecule has 0 radical (unpaired) electrons. The lowest BCUT2D eigenvalue weighted by atomic mass is 9.93. The molecule has 0 aromatic heterocycles. The second-order valence-electron chi connectivity index (χ2n) is 6.65. The Kier molecular flexibility index (Phi) is 6.81. The van der Waals surface area contributed by atoms with Crippen LogP contribution in [-0.2, 0) is 0 Å². The molecule has 0 atom stereocenters. The Hall–Kier alpha value is -2.95. The molecule has 3 aromatic carbocycles. The van der Waals surface area contributed by atoms with Crippen molar-refractivity contribution in [2.75, 3.05) is 13.2 Å². The zero-order chi connectivity index (χ0) is 20.8. The van der Waals surface area contributed by atoms with Gasteiger partial charge in [-0.25, -0.2) is 13.2 Å². The lowest BCUT2D eigenvalue weighted by Gasteiger charge is -2.16. The summed E-state index contributed by atoms with van der Waals surface area (Å²) in [5, 5.41) is 0. The Morgan fingerprint density at radius 1 is 0.724 bits per heavy atom. The van der Waals surface area contributed by atoms with E-state index < -0.39 is 17.5 Å². The van der Waals surface area contributed by atoms with Crippen molar-refractivity contribution in [3.63, 3.8) is 0 Å². The highest BCUT2D eigenvalue weighted by Crippen LogP contribution is 2.39. The fraction of sp³-hybridized carbons (Fsp3) is 0.250. The van der Waals surface area contributed by atoms with Crippen molar-refractivity contribution in [3.05, 3.63) is 72.0 Å². The highest BCUT2D eigenvalue weighted by Gasteiger charge is 2.19. The van der Waals surface area contributed by atoms with Gasteiger partial charge in [0, 0.05) is 5.56 Å². The van der Waals surface area contributed by atoms with Crippen LogP contribution in [-0.4, -0.2) is 13.2 Å². The highest BCUT2D eigenvalue weighted by atomic mass is 19.1. The topological polar surface area (TPSA) is 18.5 Å². The van der Waals surface area contributed by atoms with Gasteiger partial charge in [-0.2, -0.15) is 0 Å². The maximum Gasteiger partial charge on any atom is 0.173 e. The highest BCUT2D eigenvalue weighted by molar-refractivity contribution is 5.85. The van der Waals surface area contributed by atoms with E-state index in [-0.39, 0.29) is 17.1 Å². The molecule has 0 saturated carbocycles. The summed E-state index contributed by atoms with van der Waals surface area (Å²) in [7, 11) is 0. The molecule has 5 heteroatoms. The third kappa shape index (κ3) is 4.73. The van der Waals surface area contributed by atoms with E-state index in [4.69, 9.17) is 9.47 Å². The van der Waals surface area contributed by atoms with Crippen LogP contribution in [0.2, 0.25) is 0 Å². The van der Waals surface area contributed by atoms with E-state index in [1.807, 2.05) is 13.8 Å². The molecule has 29 heavy (non-hydrogen) atoms. The average Bonchev–Trinajstić information content (AvgIpc) is 2.72. The standard InChI is InChI=1S/C24H23F3O2/c1-3-12-28-21-10-8-17(15-20(21)26)23-19(16-6-5-7-18(25)14-16)9-11-22(24(23)27)29-13-4-2/h5-11,14-15H,3-4,12-13H2,1-2H3. The van der Waals surface area contributed by atoms with E-state index in [1.54, 1.807) is 24.3 Å². The molecule has 0 heterocycles. The molecular weight excluding hydrogens is 377 g/mol. The lowest BCUT2D eigenvalue weighted by molar-refractivity contribution is 0.301. The van der Waals surface area contributed by atoms with Crippen molar-refractivity contribution in [1.29, 1.82) is 0 Å². The normalized spacial score (nSPS) is 10.8. The van der Waals surface area contributed by atoms with Crippen LogP contribution in [0.25, 0.3) is 22.3 Å². The molecule has 152 valence electrons. The van der Waals surface area contributed by atoms with Crippen molar-refractivity contribution in [2.45, 2.75) is 26.7 Å². The number of hydrogen-bond donors (Lipinski definition) is 0. The summed E-state index contributed by atoms with van der Waals surface area (Å²) in [5.74, 6) is -1.44. The summed E-state index contributed by atoms with van der Waals surface area (Å²) in [6.45, 7) is 4.59. The van der Waals surface area contributed by atoms with Crippen molar-refractivity contribution in [3.8, 4) is 33.8 Å². The van der Waals surface area contributed by atoms with Gasteiger partial charge >= 0.3 is 0 Å². The van der Waals surface area contributed by atoms with Gasteiger partial charge in [-0.3, -0.25) is 0 Å². The number of halogens is 3. The van der Waals surface area contributed by atoms with E-state index >= 15 is 4.39 Å². The quantitative estimate of drug-likeness (QED) is 0.405. The molecule has 0 saturated heterocycles. The number of rotatable bonds is 8. The van der Waals surface area contributed by atoms with Crippen LogP contribution in [0, 0.1) is 17.5 Å². The van der Waals surface area contributed by atoms with Gasteiger partial charge in [-0.05, 0) is 65.9 Å². The summed E-state index contributed by atoms with van der Waals surface area (Å²) in [6, 6.07) is 13.4. The summed E-state index contributed by atoms with van der Waals surface area (Å²) < 4.78 is 54.6. The maximum absolute atomic E-state index is 15.4. The summed E-state index contributed by atoms with van der Waals surface area (Å²) in [6.07, 6.45) is 1.47.